The second-order valence-electron chi connectivity index (χ2n) is 4.26. The minimum absolute atomic E-state index is 0.0622. The summed E-state index contributed by atoms with van der Waals surface area (Å²) in [5.74, 6) is 0.0598. The quantitative estimate of drug-likeness (QED) is 0.738. The third-order valence-electron chi connectivity index (χ3n) is 2.75. The molecule has 3 rings (SSSR count). The van der Waals surface area contributed by atoms with Crippen LogP contribution in [-0.2, 0) is 13.0 Å². The molecular weight excluding hydrogens is 294 g/mol. The average Bonchev–Trinajstić information content (AvgIpc) is 3.20. The molecule has 0 saturated heterocycles. The standard InChI is InChI=1S/C12H11N5O3S/c18-12(19)8-7-17(16-14-8)5-1-4-10-13-11(15-20-10)9-3-2-6-21-9/h2-3,6-7H,1,4-5H2,(H,18,19). The second-order valence-corrected chi connectivity index (χ2v) is 5.21. The van der Waals surface area contributed by atoms with Gasteiger partial charge >= 0.3 is 5.97 Å². The second kappa shape index (κ2) is 5.83. The van der Waals surface area contributed by atoms with E-state index in [1.807, 2.05) is 17.5 Å². The molecule has 3 aromatic rings. The van der Waals surface area contributed by atoms with Crippen molar-refractivity contribution < 1.29 is 14.4 Å². The minimum atomic E-state index is -1.08. The molecule has 0 spiro atoms. The molecule has 0 amide bonds. The highest BCUT2D eigenvalue weighted by Crippen LogP contribution is 2.21. The van der Waals surface area contributed by atoms with E-state index in [4.69, 9.17) is 9.63 Å². The van der Waals surface area contributed by atoms with Crippen LogP contribution in [0.3, 0.4) is 0 Å². The van der Waals surface area contributed by atoms with Crippen LogP contribution in [0.5, 0.6) is 0 Å². The van der Waals surface area contributed by atoms with E-state index >= 15 is 0 Å². The first kappa shape index (κ1) is 13.4. The van der Waals surface area contributed by atoms with Crippen molar-refractivity contribution in [1.29, 1.82) is 0 Å². The summed E-state index contributed by atoms with van der Waals surface area (Å²) < 4.78 is 6.66. The maximum Gasteiger partial charge on any atom is 0.358 e. The van der Waals surface area contributed by atoms with E-state index in [1.54, 1.807) is 11.3 Å². The van der Waals surface area contributed by atoms with Gasteiger partial charge in [0.05, 0.1) is 11.1 Å². The van der Waals surface area contributed by atoms with E-state index in [-0.39, 0.29) is 5.69 Å². The molecule has 0 saturated carbocycles. The average molecular weight is 305 g/mol. The zero-order valence-electron chi connectivity index (χ0n) is 10.8. The normalized spacial score (nSPS) is 10.9. The Hall–Kier alpha value is -2.55. The van der Waals surface area contributed by atoms with Crippen LogP contribution in [0.15, 0.2) is 28.2 Å². The number of carbonyl (C=O) groups is 1. The first-order valence-corrected chi connectivity index (χ1v) is 7.10. The zero-order valence-corrected chi connectivity index (χ0v) is 11.7. The predicted octanol–water partition coefficient (Wildman–Crippen LogP) is 1.72. The van der Waals surface area contributed by atoms with E-state index in [9.17, 15) is 4.79 Å². The summed E-state index contributed by atoms with van der Waals surface area (Å²) in [6.07, 6.45) is 2.70. The number of thiophene rings is 1. The molecule has 0 aliphatic rings. The highest BCUT2D eigenvalue weighted by molar-refractivity contribution is 7.13. The number of hydrogen-bond acceptors (Lipinski definition) is 7. The van der Waals surface area contributed by atoms with E-state index in [0.717, 1.165) is 4.88 Å². The lowest BCUT2D eigenvalue weighted by molar-refractivity contribution is 0.0690. The van der Waals surface area contributed by atoms with Gasteiger partial charge in [-0.25, -0.2) is 4.79 Å². The Morgan fingerprint density at radius 2 is 2.38 bits per heavy atom. The lowest BCUT2D eigenvalue weighted by Gasteiger charge is -1.96. The van der Waals surface area contributed by atoms with Crippen molar-refractivity contribution in [2.45, 2.75) is 19.4 Å². The summed E-state index contributed by atoms with van der Waals surface area (Å²) in [5, 5.41) is 21.9. The molecule has 0 bridgehead atoms. The molecule has 21 heavy (non-hydrogen) atoms. The Morgan fingerprint density at radius 1 is 1.48 bits per heavy atom. The van der Waals surface area contributed by atoms with Crippen LogP contribution in [0.4, 0.5) is 0 Å². The van der Waals surface area contributed by atoms with Gasteiger partial charge in [0, 0.05) is 13.0 Å². The van der Waals surface area contributed by atoms with Gasteiger partial charge in [-0.05, 0) is 17.9 Å². The van der Waals surface area contributed by atoms with Gasteiger partial charge in [-0.15, -0.1) is 16.4 Å². The van der Waals surface area contributed by atoms with Gasteiger partial charge in [-0.3, -0.25) is 4.68 Å². The lowest BCUT2D eigenvalue weighted by atomic mass is 10.3. The van der Waals surface area contributed by atoms with Crippen LogP contribution >= 0.6 is 11.3 Å². The summed E-state index contributed by atoms with van der Waals surface area (Å²) >= 11 is 1.55. The first-order valence-electron chi connectivity index (χ1n) is 6.22. The number of hydrogen-bond donors (Lipinski definition) is 1. The van der Waals surface area contributed by atoms with Crippen LogP contribution in [0.25, 0.3) is 10.7 Å². The fraction of sp³-hybridized carbons (Fsp3) is 0.250. The van der Waals surface area contributed by atoms with Gasteiger partial charge in [-0.1, -0.05) is 16.4 Å². The van der Waals surface area contributed by atoms with Crippen molar-refractivity contribution in [3.05, 3.63) is 35.3 Å². The predicted molar refractivity (Wildman–Crippen MR) is 72.9 cm³/mol. The molecule has 8 nitrogen and oxygen atoms in total. The maximum atomic E-state index is 10.7. The smallest absolute Gasteiger partial charge is 0.358 e. The molecule has 0 atom stereocenters. The highest BCUT2D eigenvalue weighted by Gasteiger charge is 2.10. The first-order chi connectivity index (χ1) is 10.2. The van der Waals surface area contributed by atoms with Gasteiger partial charge in [0.15, 0.2) is 5.69 Å². The molecule has 0 unspecified atom stereocenters. The van der Waals surface area contributed by atoms with Crippen molar-refractivity contribution in [3.63, 3.8) is 0 Å². The summed E-state index contributed by atoms with van der Waals surface area (Å²) in [7, 11) is 0. The van der Waals surface area contributed by atoms with E-state index in [0.29, 0.717) is 31.1 Å². The molecular formula is C12H11N5O3S. The summed E-state index contributed by atoms with van der Waals surface area (Å²) in [6, 6.07) is 3.86. The number of carboxylic acids is 1. The minimum Gasteiger partial charge on any atom is -0.476 e. The molecule has 0 radical (unpaired) electrons. The molecule has 1 N–H and O–H groups in total. The number of nitrogens with zero attached hydrogens (tertiary/aromatic N) is 5. The zero-order chi connectivity index (χ0) is 14.7. The number of rotatable bonds is 6. The topological polar surface area (TPSA) is 107 Å². The summed E-state index contributed by atoms with van der Waals surface area (Å²) in [6.45, 7) is 0.539. The Bertz CT molecular complexity index is 734. The number of aryl methyl sites for hydroxylation is 2. The Kier molecular flexibility index (Phi) is 3.73. The van der Waals surface area contributed by atoms with Crippen molar-refractivity contribution in [1.82, 2.24) is 25.1 Å². The molecule has 108 valence electrons. The van der Waals surface area contributed by atoms with Gasteiger partial charge in [0.1, 0.15) is 0 Å². The van der Waals surface area contributed by atoms with Gasteiger partial charge < -0.3 is 9.63 Å². The maximum absolute atomic E-state index is 10.7. The summed E-state index contributed by atoms with van der Waals surface area (Å²) in [5.41, 5.74) is -0.0622. The Labute approximate surface area is 123 Å². The molecule has 0 aromatic carbocycles. The van der Waals surface area contributed by atoms with Crippen LogP contribution in [0.1, 0.15) is 22.8 Å². The number of carboxylic acid groups (broad SMARTS) is 1. The summed E-state index contributed by atoms with van der Waals surface area (Å²) in [4.78, 5) is 16.0. The fourth-order valence-corrected chi connectivity index (χ4v) is 2.41. The van der Waals surface area contributed by atoms with Crippen LogP contribution < -0.4 is 0 Å². The SMILES string of the molecule is O=C(O)c1cn(CCCc2nc(-c3cccs3)no2)nn1. The Morgan fingerprint density at radius 3 is 3.10 bits per heavy atom. The molecule has 0 aliphatic carbocycles. The third kappa shape index (κ3) is 3.14. The van der Waals surface area contributed by atoms with Gasteiger partial charge in [0.25, 0.3) is 0 Å². The van der Waals surface area contributed by atoms with Crippen LogP contribution in [-0.4, -0.2) is 36.2 Å². The van der Waals surface area contributed by atoms with Crippen LogP contribution in [0, 0.1) is 0 Å². The van der Waals surface area contributed by atoms with Crippen LogP contribution in [0.2, 0.25) is 0 Å². The van der Waals surface area contributed by atoms with Crippen molar-refractivity contribution in [3.8, 4) is 10.7 Å². The molecule has 0 fully saturated rings. The van der Waals surface area contributed by atoms with Crippen molar-refractivity contribution in [2.24, 2.45) is 0 Å². The van der Waals surface area contributed by atoms with E-state index in [2.05, 4.69) is 20.5 Å². The lowest BCUT2D eigenvalue weighted by Crippen LogP contribution is -2.00. The van der Waals surface area contributed by atoms with Gasteiger partial charge in [0.2, 0.25) is 11.7 Å². The molecule has 3 aromatic heterocycles. The monoisotopic (exact) mass is 305 g/mol. The van der Waals surface area contributed by atoms with Crippen molar-refractivity contribution >= 4 is 17.3 Å². The third-order valence-corrected chi connectivity index (χ3v) is 3.61. The molecule has 0 aliphatic heterocycles. The number of aromatic nitrogens is 5. The molecule has 9 heteroatoms. The van der Waals surface area contributed by atoms with E-state index < -0.39 is 5.97 Å². The highest BCUT2D eigenvalue weighted by atomic mass is 32.1. The van der Waals surface area contributed by atoms with E-state index in [1.165, 1.54) is 10.9 Å². The number of aromatic carboxylic acids is 1. The fourth-order valence-electron chi connectivity index (χ4n) is 1.76. The van der Waals surface area contributed by atoms with Gasteiger partial charge in [-0.2, -0.15) is 4.98 Å². The largest absolute Gasteiger partial charge is 0.476 e. The Balaban J connectivity index is 1.54. The van der Waals surface area contributed by atoms with Crippen molar-refractivity contribution in [2.75, 3.05) is 0 Å². The molecule has 3 heterocycles.